The van der Waals surface area contributed by atoms with Crippen molar-refractivity contribution in [1.82, 2.24) is 5.32 Å². The van der Waals surface area contributed by atoms with Crippen LogP contribution in [0.3, 0.4) is 0 Å². The van der Waals surface area contributed by atoms with Crippen LogP contribution >= 0.6 is 0 Å². The number of nitrogens with one attached hydrogen (secondary N) is 1. The first-order chi connectivity index (χ1) is 17.8. The van der Waals surface area contributed by atoms with Crippen LogP contribution in [0.5, 0.6) is 0 Å². The molecule has 1 fully saturated rings. The van der Waals surface area contributed by atoms with Crippen molar-refractivity contribution < 1.29 is 29.4 Å². The lowest BCUT2D eigenvalue weighted by Gasteiger charge is -2.35. The van der Waals surface area contributed by atoms with E-state index < -0.39 is 47.7 Å². The molecule has 1 aliphatic carbocycles. The lowest BCUT2D eigenvalue weighted by molar-refractivity contribution is -0.154. The van der Waals surface area contributed by atoms with Gasteiger partial charge in [-0.25, -0.2) is 0 Å². The van der Waals surface area contributed by atoms with Crippen LogP contribution in [-0.2, 0) is 32.0 Å². The predicted octanol–water partition coefficient (Wildman–Crippen LogP) is 3.82. The molecule has 1 aliphatic heterocycles. The van der Waals surface area contributed by atoms with Crippen molar-refractivity contribution in [2.45, 2.75) is 63.8 Å². The number of amides is 2. The van der Waals surface area contributed by atoms with Crippen molar-refractivity contribution in [3.8, 4) is 0 Å². The number of carboxylic acid groups (broad SMARTS) is 2. The highest BCUT2D eigenvalue weighted by molar-refractivity contribution is 6.03. The van der Waals surface area contributed by atoms with Crippen LogP contribution in [0.1, 0.15) is 56.1 Å². The van der Waals surface area contributed by atoms with Gasteiger partial charge in [0.25, 0.3) is 0 Å². The largest absolute Gasteiger partial charge is 0.481 e. The summed E-state index contributed by atoms with van der Waals surface area (Å²) < 4.78 is 0. The Kier molecular flexibility index (Phi) is 8.26. The van der Waals surface area contributed by atoms with E-state index in [9.17, 15) is 29.4 Å². The molecule has 37 heavy (non-hydrogen) atoms. The van der Waals surface area contributed by atoms with Gasteiger partial charge in [-0.05, 0) is 62.1 Å². The van der Waals surface area contributed by atoms with Gasteiger partial charge in [-0.1, -0.05) is 61.4 Å². The first kappa shape index (κ1) is 26.4. The van der Waals surface area contributed by atoms with Gasteiger partial charge in [-0.3, -0.25) is 24.1 Å². The van der Waals surface area contributed by atoms with Gasteiger partial charge in [0.1, 0.15) is 12.6 Å². The number of carbonyl (C=O) groups excluding carboxylic acids is 2. The minimum Gasteiger partial charge on any atom is -0.481 e. The molecule has 0 bridgehead atoms. The zero-order chi connectivity index (χ0) is 26.4. The van der Waals surface area contributed by atoms with Gasteiger partial charge < -0.3 is 15.5 Å². The fourth-order valence-corrected chi connectivity index (χ4v) is 5.98. The Morgan fingerprint density at radius 2 is 1.68 bits per heavy atom. The molecule has 0 unspecified atom stereocenters. The number of rotatable bonds is 10. The van der Waals surface area contributed by atoms with Crippen LogP contribution in [0.25, 0.3) is 0 Å². The molecule has 2 atom stereocenters. The molecule has 2 aromatic carbocycles. The third-order valence-corrected chi connectivity index (χ3v) is 7.86. The lowest BCUT2D eigenvalue weighted by atomic mass is 9.70. The van der Waals surface area contributed by atoms with Crippen molar-refractivity contribution in [2.75, 3.05) is 11.4 Å². The summed E-state index contributed by atoms with van der Waals surface area (Å²) in [6.07, 6.45) is 4.98. The second kappa shape index (κ2) is 11.6. The number of nitrogens with zero attached hydrogens (tertiary/aromatic N) is 1. The van der Waals surface area contributed by atoms with Crippen LogP contribution < -0.4 is 10.2 Å². The number of fused-ring (bicyclic) bond motifs is 1. The molecule has 196 valence electrons. The molecule has 0 aromatic heterocycles. The fraction of sp³-hybridized carbons (Fsp3) is 0.448. The third kappa shape index (κ3) is 5.84. The summed E-state index contributed by atoms with van der Waals surface area (Å²) in [7, 11) is 0. The number of carbonyl (C=O) groups is 4. The minimum absolute atomic E-state index is 0.319. The van der Waals surface area contributed by atoms with E-state index in [1.54, 1.807) is 12.1 Å². The molecular formula is C29H34N2O6. The number of benzene rings is 2. The molecule has 0 spiro atoms. The summed E-state index contributed by atoms with van der Waals surface area (Å²) in [6.45, 7) is -0.509. The van der Waals surface area contributed by atoms with Gasteiger partial charge in [-0.15, -0.1) is 0 Å². The molecular weight excluding hydrogens is 472 g/mol. The third-order valence-electron chi connectivity index (χ3n) is 7.86. The molecule has 4 rings (SSSR count). The van der Waals surface area contributed by atoms with Crippen molar-refractivity contribution in [1.29, 1.82) is 0 Å². The summed E-state index contributed by atoms with van der Waals surface area (Å²) in [6, 6.07) is 16.1. The van der Waals surface area contributed by atoms with Crippen molar-refractivity contribution in [3.05, 3.63) is 65.7 Å². The highest BCUT2D eigenvalue weighted by Crippen LogP contribution is 2.47. The van der Waals surface area contributed by atoms with Crippen LogP contribution in [0.2, 0.25) is 0 Å². The van der Waals surface area contributed by atoms with Crippen LogP contribution in [0.4, 0.5) is 5.69 Å². The molecule has 1 heterocycles. The zero-order valence-electron chi connectivity index (χ0n) is 20.9. The molecule has 3 N–H and O–H groups in total. The van der Waals surface area contributed by atoms with E-state index in [0.717, 1.165) is 30.4 Å². The Morgan fingerprint density at radius 3 is 2.35 bits per heavy atom. The Hall–Kier alpha value is -3.68. The Morgan fingerprint density at radius 1 is 1.00 bits per heavy atom. The quantitative estimate of drug-likeness (QED) is 0.450. The van der Waals surface area contributed by atoms with E-state index in [0.29, 0.717) is 44.2 Å². The average molecular weight is 507 g/mol. The second-order valence-electron chi connectivity index (χ2n) is 10.1. The smallest absolute Gasteiger partial charge is 0.323 e. The molecule has 0 radical (unpaired) electrons. The molecule has 2 aromatic rings. The van der Waals surface area contributed by atoms with E-state index in [2.05, 4.69) is 5.32 Å². The van der Waals surface area contributed by atoms with Gasteiger partial charge in [0.05, 0.1) is 11.3 Å². The highest BCUT2D eigenvalue weighted by atomic mass is 16.4. The topological polar surface area (TPSA) is 124 Å². The minimum atomic E-state index is -1.15. The maximum absolute atomic E-state index is 13.8. The van der Waals surface area contributed by atoms with E-state index in [1.807, 2.05) is 42.5 Å². The van der Waals surface area contributed by atoms with Gasteiger partial charge in [-0.2, -0.15) is 0 Å². The van der Waals surface area contributed by atoms with E-state index in [-0.39, 0.29) is 0 Å². The van der Waals surface area contributed by atoms with E-state index in [4.69, 9.17) is 0 Å². The number of aliphatic carboxylic acids is 2. The van der Waals surface area contributed by atoms with Gasteiger partial charge in [0.2, 0.25) is 11.8 Å². The number of hydrogen-bond acceptors (Lipinski definition) is 4. The van der Waals surface area contributed by atoms with Crippen LogP contribution in [0, 0.1) is 11.3 Å². The molecule has 0 saturated heterocycles. The van der Waals surface area contributed by atoms with Gasteiger partial charge >= 0.3 is 11.9 Å². The summed E-state index contributed by atoms with van der Waals surface area (Å²) in [5.41, 5.74) is 1.42. The molecule has 8 heteroatoms. The summed E-state index contributed by atoms with van der Waals surface area (Å²) in [5.74, 6) is -3.88. The lowest BCUT2D eigenvalue weighted by Crippen LogP contribution is -2.55. The number of anilines is 1. The van der Waals surface area contributed by atoms with Crippen molar-refractivity contribution in [2.24, 2.45) is 11.3 Å². The first-order valence-electron chi connectivity index (χ1n) is 13.0. The first-order valence-corrected chi connectivity index (χ1v) is 13.0. The SMILES string of the molecule is O=C(O)CN1C(=O)[C@@H](NC(=O)C2([C@@H](CCCc3ccccc3)C(=O)O)CCCC2)CCc2ccccc21. The summed E-state index contributed by atoms with van der Waals surface area (Å²) in [4.78, 5) is 52.5. The Labute approximate surface area is 216 Å². The van der Waals surface area contributed by atoms with Gasteiger partial charge in [0.15, 0.2) is 0 Å². The maximum Gasteiger partial charge on any atom is 0.323 e. The Balaban J connectivity index is 1.53. The standard InChI is InChI=1S/C29H34N2O6/c32-25(33)19-31-24-14-5-4-12-21(24)15-16-23(26(31)34)30-28(37)29(17-6-7-18-29)22(27(35)36)13-8-11-20-9-2-1-3-10-20/h1-5,9-10,12,14,22-23H,6-8,11,13,15-19H2,(H,30,37)(H,32,33)(H,35,36)/t22-,23-/m0/s1. The monoisotopic (exact) mass is 506 g/mol. The van der Waals surface area contributed by atoms with Crippen molar-refractivity contribution >= 4 is 29.4 Å². The Bertz CT molecular complexity index is 1140. The van der Waals surface area contributed by atoms with Gasteiger partial charge in [0, 0.05) is 5.69 Å². The fourth-order valence-electron chi connectivity index (χ4n) is 5.98. The summed E-state index contributed by atoms with van der Waals surface area (Å²) in [5, 5.41) is 22.5. The predicted molar refractivity (Wildman–Crippen MR) is 138 cm³/mol. The van der Waals surface area contributed by atoms with E-state index >= 15 is 0 Å². The number of carboxylic acids is 2. The average Bonchev–Trinajstić information content (AvgIpc) is 3.34. The van der Waals surface area contributed by atoms with Crippen LogP contribution in [-0.4, -0.2) is 46.6 Å². The van der Waals surface area contributed by atoms with E-state index in [1.165, 1.54) is 4.90 Å². The molecule has 1 saturated carbocycles. The maximum atomic E-state index is 13.8. The number of para-hydroxylation sites is 1. The molecule has 8 nitrogen and oxygen atoms in total. The zero-order valence-corrected chi connectivity index (χ0v) is 20.9. The normalized spacial score (nSPS) is 19.5. The summed E-state index contributed by atoms with van der Waals surface area (Å²) >= 11 is 0. The number of hydrogen-bond donors (Lipinski definition) is 3. The number of aryl methyl sites for hydroxylation is 2. The van der Waals surface area contributed by atoms with Crippen molar-refractivity contribution in [3.63, 3.8) is 0 Å². The molecule has 2 aliphatic rings. The van der Waals surface area contributed by atoms with Crippen LogP contribution in [0.15, 0.2) is 54.6 Å². The highest BCUT2D eigenvalue weighted by Gasteiger charge is 2.51. The molecule has 2 amide bonds. The second-order valence-corrected chi connectivity index (χ2v) is 10.1.